The predicted octanol–water partition coefficient (Wildman–Crippen LogP) is 2.10. The minimum atomic E-state index is -4.55. The van der Waals surface area contributed by atoms with E-state index in [-0.39, 0.29) is 5.56 Å². The van der Waals surface area contributed by atoms with Crippen LogP contribution in [0.2, 0.25) is 0 Å². The van der Waals surface area contributed by atoms with E-state index in [9.17, 15) is 18.0 Å². The first-order valence-corrected chi connectivity index (χ1v) is 4.44. The van der Waals surface area contributed by atoms with Gasteiger partial charge in [0.05, 0.1) is 5.56 Å². The van der Waals surface area contributed by atoms with Crippen LogP contribution in [0.5, 0.6) is 0 Å². The van der Waals surface area contributed by atoms with E-state index >= 15 is 0 Å². The molecular weight excluding hydrogens is 233 g/mol. The molecule has 0 radical (unpaired) electrons. The van der Waals surface area contributed by atoms with Crippen LogP contribution in [0.1, 0.15) is 11.1 Å². The number of benzene rings is 1. The summed E-state index contributed by atoms with van der Waals surface area (Å²) in [5.41, 5.74) is 3.13. The monoisotopic (exact) mass is 240 g/mol. The fraction of sp³-hybridized carbons (Fsp3) is 0.0909. The van der Waals surface area contributed by atoms with E-state index in [1.807, 2.05) is 0 Å². The highest BCUT2D eigenvalue weighted by Gasteiger charge is 2.32. The molecule has 1 rings (SSSR count). The van der Waals surface area contributed by atoms with Gasteiger partial charge in [-0.3, -0.25) is 4.79 Å². The van der Waals surface area contributed by atoms with Crippen LogP contribution in [-0.4, -0.2) is 5.91 Å². The van der Waals surface area contributed by atoms with Crippen molar-refractivity contribution in [3.63, 3.8) is 0 Å². The number of primary amides is 1. The number of alkyl halides is 3. The molecule has 2 N–H and O–H groups in total. The molecule has 1 amide bonds. The normalized spacial score (nSPS) is 12.0. The summed E-state index contributed by atoms with van der Waals surface area (Å²) in [6.07, 6.45) is -3.73. The molecular formula is C11H7F3N2O. The maximum Gasteiger partial charge on any atom is 0.416 e. The molecule has 0 aliphatic carbocycles. The predicted molar refractivity (Wildman–Crippen MR) is 54.2 cm³/mol. The maximum absolute atomic E-state index is 12.6. The number of carbonyl (C=O) groups excluding carboxylic acids is 1. The Bertz CT molecular complexity index is 512. The highest BCUT2D eigenvalue weighted by molar-refractivity contribution is 6.00. The van der Waals surface area contributed by atoms with E-state index in [1.54, 1.807) is 0 Å². The molecule has 0 spiro atoms. The van der Waals surface area contributed by atoms with Crippen molar-refractivity contribution in [1.29, 1.82) is 5.26 Å². The largest absolute Gasteiger partial charge is 0.416 e. The molecule has 0 aliphatic heterocycles. The second-order valence-electron chi connectivity index (χ2n) is 3.12. The van der Waals surface area contributed by atoms with Crippen LogP contribution in [0, 0.1) is 11.3 Å². The van der Waals surface area contributed by atoms with E-state index in [0.717, 1.165) is 18.2 Å². The van der Waals surface area contributed by atoms with Crippen LogP contribution in [0.4, 0.5) is 13.2 Å². The summed E-state index contributed by atoms with van der Waals surface area (Å²) in [5, 5.41) is 8.55. The first kappa shape index (κ1) is 12.8. The van der Waals surface area contributed by atoms with Crippen LogP contribution in [-0.2, 0) is 11.0 Å². The number of rotatable bonds is 2. The van der Waals surface area contributed by atoms with Gasteiger partial charge in [-0.15, -0.1) is 0 Å². The number of nitrogens with zero attached hydrogens (tertiary/aromatic N) is 1. The van der Waals surface area contributed by atoms with Crippen molar-refractivity contribution in [2.24, 2.45) is 5.73 Å². The highest BCUT2D eigenvalue weighted by atomic mass is 19.4. The Morgan fingerprint density at radius 1 is 1.35 bits per heavy atom. The van der Waals surface area contributed by atoms with Gasteiger partial charge in [0.1, 0.15) is 11.6 Å². The van der Waals surface area contributed by atoms with Gasteiger partial charge in [-0.1, -0.05) is 18.2 Å². The van der Waals surface area contributed by atoms with E-state index in [4.69, 9.17) is 11.0 Å². The smallest absolute Gasteiger partial charge is 0.365 e. The number of amides is 1. The lowest BCUT2D eigenvalue weighted by molar-refractivity contribution is -0.137. The molecule has 0 aliphatic rings. The number of halogens is 3. The fourth-order valence-corrected chi connectivity index (χ4v) is 1.20. The average Bonchev–Trinajstić information content (AvgIpc) is 2.24. The number of nitriles is 1. The van der Waals surface area contributed by atoms with Gasteiger partial charge in [-0.2, -0.15) is 18.4 Å². The Labute approximate surface area is 95.0 Å². The Morgan fingerprint density at radius 2 is 1.94 bits per heavy atom. The van der Waals surface area contributed by atoms with E-state index < -0.39 is 23.2 Å². The fourth-order valence-electron chi connectivity index (χ4n) is 1.20. The zero-order valence-corrected chi connectivity index (χ0v) is 8.45. The minimum Gasteiger partial charge on any atom is -0.365 e. The van der Waals surface area contributed by atoms with Gasteiger partial charge in [-0.25, -0.2) is 0 Å². The molecule has 0 heterocycles. The average molecular weight is 240 g/mol. The molecule has 0 atom stereocenters. The van der Waals surface area contributed by atoms with Gasteiger partial charge in [0.2, 0.25) is 0 Å². The maximum atomic E-state index is 12.6. The summed E-state index contributed by atoms with van der Waals surface area (Å²) in [4.78, 5) is 10.7. The van der Waals surface area contributed by atoms with Gasteiger partial charge in [0.25, 0.3) is 5.91 Å². The summed E-state index contributed by atoms with van der Waals surface area (Å²) in [6.45, 7) is 0. The van der Waals surface area contributed by atoms with Gasteiger partial charge in [-0.05, 0) is 17.7 Å². The van der Waals surface area contributed by atoms with E-state index in [1.165, 1.54) is 18.2 Å². The molecule has 6 heteroatoms. The van der Waals surface area contributed by atoms with Crippen molar-refractivity contribution >= 4 is 12.0 Å². The zero-order chi connectivity index (χ0) is 13.1. The first-order valence-electron chi connectivity index (χ1n) is 4.44. The zero-order valence-electron chi connectivity index (χ0n) is 8.45. The number of carbonyl (C=O) groups is 1. The second kappa shape index (κ2) is 4.70. The third-order valence-corrected chi connectivity index (χ3v) is 1.95. The molecule has 0 fully saturated rings. The highest BCUT2D eigenvalue weighted by Crippen LogP contribution is 2.32. The van der Waals surface area contributed by atoms with E-state index in [0.29, 0.717) is 0 Å². The standard InChI is InChI=1S/C11H7F3N2O/c12-11(13,14)9-4-2-1-3-7(9)5-8(6-15)10(16)17/h1-5H,(H2,16,17). The van der Waals surface area contributed by atoms with Crippen molar-refractivity contribution in [3.05, 3.63) is 41.0 Å². The second-order valence-corrected chi connectivity index (χ2v) is 3.12. The Kier molecular flexibility index (Phi) is 3.53. The first-order chi connectivity index (χ1) is 7.86. The lowest BCUT2D eigenvalue weighted by atomic mass is 10.0. The van der Waals surface area contributed by atoms with Gasteiger partial charge >= 0.3 is 6.18 Å². The van der Waals surface area contributed by atoms with Crippen molar-refractivity contribution in [1.82, 2.24) is 0 Å². The number of hydrogen-bond donors (Lipinski definition) is 1. The summed E-state index contributed by atoms with van der Waals surface area (Å²) in [5.74, 6) is -1.07. The third kappa shape index (κ3) is 3.08. The quantitative estimate of drug-likeness (QED) is 0.635. The molecule has 0 aromatic heterocycles. The lowest BCUT2D eigenvalue weighted by Gasteiger charge is -2.09. The topological polar surface area (TPSA) is 66.9 Å². The molecule has 17 heavy (non-hydrogen) atoms. The SMILES string of the molecule is N#CC(=Cc1ccccc1C(F)(F)F)C(N)=O. The summed E-state index contributed by atoms with van der Waals surface area (Å²) in [6, 6.07) is 6.06. The van der Waals surface area contributed by atoms with Crippen LogP contribution >= 0.6 is 0 Å². The molecule has 0 unspecified atom stereocenters. The molecule has 0 saturated heterocycles. The van der Waals surface area contributed by atoms with Crippen molar-refractivity contribution in [2.75, 3.05) is 0 Å². The van der Waals surface area contributed by atoms with Crippen LogP contribution in [0.3, 0.4) is 0 Å². The molecule has 0 saturated carbocycles. The summed E-state index contributed by atoms with van der Waals surface area (Å²) < 4.78 is 37.7. The molecule has 0 bridgehead atoms. The molecule has 1 aromatic rings. The number of nitrogens with two attached hydrogens (primary N) is 1. The van der Waals surface area contributed by atoms with Gasteiger partial charge in [0.15, 0.2) is 0 Å². The van der Waals surface area contributed by atoms with Crippen LogP contribution < -0.4 is 5.73 Å². The van der Waals surface area contributed by atoms with Crippen molar-refractivity contribution < 1.29 is 18.0 Å². The Morgan fingerprint density at radius 3 is 2.41 bits per heavy atom. The molecule has 1 aromatic carbocycles. The Hall–Kier alpha value is -2.29. The van der Waals surface area contributed by atoms with Crippen LogP contribution in [0.15, 0.2) is 29.8 Å². The van der Waals surface area contributed by atoms with Gasteiger partial charge < -0.3 is 5.73 Å². The van der Waals surface area contributed by atoms with E-state index in [2.05, 4.69) is 0 Å². The third-order valence-electron chi connectivity index (χ3n) is 1.95. The van der Waals surface area contributed by atoms with Crippen molar-refractivity contribution in [2.45, 2.75) is 6.18 Å². The molecule has 3 nitrogen and oxygen atoms in total. The number of hydrogen-bond acceptors (Lipinski definition) is 2. The minimum absolute atomic E-state index is 0.268. The van der Waals surface area contributed by atoms with Crippen molar-refractivity contribution in [3.8, 4) is 6.07 Å². The summed E-state index contributed by atoms with van der Waals surface area (Å²) >= 11 is 0. The summed E-state index contributed by atoms with van der Waals surface area (Å²) in [7, 11) is 0. The van der Waals surface area contributed by atoms with Crippen LogP contribution in [0.25, 0.3) is 6.08 Å². The molecule has 88 valence electrons. The Balaban J connectivity index is 3.34. The lowest BCUT2D eigenvalue weighted by Crippen LogP contribution is -2.13. The van der Waals surface area contributed by atoms with Gasteiger partial charge in [0, 0.05) is 0 Å².